The van der Waals surface area contributed by atoms with Crippen molar-refractivity contribution >= 4 is 5.91 Å². The summed E-state index contributed by atoms with van der Waals surface area (Å²) in [4.78, 5) is 11.9. The first-order valence-electron chi connectivity index (χ1n) is 17.7. The Morgan fingerprint density at radius 1 is 0.513 bits per heavy atom. The number of aliphatic hydroxyl groups is 1. The van der Waals surface area contributed by atoms with E-state index in [1.165, 1.54) is 141 Å². The highest BCUT2D eigenvalue weighted by Gasteiger charge is 2.14. The van der Waals surface area contributed by atoms with Crippen molar-refractivity contribution in [3.8, 4) is 0 Å². The molecule has 0 radical (unpaired) electrons. The molecule has 0 saturated heterocycles. The molecular formula is C36H71NO2. The molecule has 0 saturated carbocycles. The lowest BCUT2D eigenvalue weighted by Gasteiger charge is -2.13. The number of carbonyl (C=O) groups is 1. The first kappa shape index (κ1) is 38.2. The van der Waals surface area contributed by atoms with E-state index in [0.29, 0.717) is 0 Å². The summed E-state index contributed by atoms with van der Waals surface area (Å²) in [6, 6.07) is 0. The number of rotatable bonds is 32. The summed E-state index contributed by atoms with van der Waals surface area (Å²) < 4.78 is 0. The van der Waals surface area contributed by atoms with Crippen molar-refractivity contribution in [3.05, 3.63) is 12.2 Å². The van der Waals surface area contributed by atoms with Crippen molar-refractivity contribution < 1.29 is 9.90 Å². The van der Waals surface area contributed by atoms with E-state index in [2.05, 4.69) is 26.0 Å². The zero-order chi connectivity index (χ0) is 28.7. The summed E-state index contributed by atoms with van der Waals surface area (Å²) in [5, 5.41) is 10.1. The van der Waals surface area contributed by atoms with Crippen molar-refractivity contribution in [2.75, 3.05) is 0 Å². The minimum atomic E-state index is -0.0870. The van der Waals surface area contributed by atoms with E-state index < -0.39 is 0 Å². The van der Waals surface area contributed by atoms with Crippen LogP contribution in [0, 0.1) is 5.92 Å². The summed E-state index contributed by atoms with van der Waals surface area (Å²) in [6.45, 7) is 4.51. The molecule has 0 aliphatic heterocycles. The van der Waals surface area contributed by atoms with Crippen LogP contribution in [0.1, 0.15) is 200 Å². The Morgan fingerprint density at radius 2 is 0.821 bits per heavy atom. The van der Waals surface area contributed by atoms with Crippen molar-refractivity contribution in [3.63, 3.8) is 0 Å². The standard InChI is InChI=1S/C36H71NO2/c1-3-5-7-9-10-11-12-13-14-15-16-17-18-20-23-26-30-34(36(37)39)31-27-24-21-19-22-25-29-33-35(38)32-28-8-6-4-2/h13-14,34-35,38H,3-12,15-33H2,1-2H3,(H2,37,39)/b14-13-. The zero-order valence-corrected chi connectivity index (χ0v) is 26.7. The molecule has 0 rings (SSSR count). The van der Waals surface area contributed by atoms with Gasteiger partial charge in [0.05, 0.1) is 6.10 Å². The van der Waals surface area contributed by atoms with Crippen LogP contribution in [-0.4, -0.2) is 17.1 Å². The van der Waals surface area contributed by atoms with Gasteiger partial charge >= 0.3 is 0 Å². The Labute approximate surface area is 245 Å². The lowest BCUT2D eigenvalue weighted by atomic mass is 9.93. The molecule has 3 heteroatoms. The van der Waals surface area contributed by atoms with Gasteiger partial charge in [-0.25, -0.2) is 0 Å². The number of hydrogen-bond acceptors (Lipinski definition) is 2. The molecule has 3 N–H and O–H groups in total. The molecule has 0 spiro atoms. The molecule has 2 unspecified atom stereocenters. The molecule has 0 aliphatic carbocycles. The second-order valence-corrected chi connectivity index (χ2v) is 12.4. The number of allylic oxidation sites excluding steroid dienone is 2. The third-order valence-electron chi connectivity index (χ3n) is 8.45. The maximum absolute atomic E-state index is 11.9. The van der Waals surface area contributed by atoms with E-state index in [9.17, 15) is 9.90 Å². The van der Waals surface area contributed by atoms with Gasteiger partial charge in [-0.3, -0.25) is 4.79 Å². The normalized spacial score (nSPS) is 13.3. The van der Waals surface area contributed by atoms with E-state index in [4.69, 9.17) is 5.73 Å². The Kier molecular flexibility index (Phi) is 31.0. The summed E-state index contributed by atoms with van der Waals surface area (Å²) >= 11 is 0. The fraction of sp³-hybridized carbons (Fsp3) is 0.917. The van der Waals surface area contributed by atoms with Crippen LogP contribution in [0.4, 0.5) is 0 Å². The Balaban J connectivity index is 3.50. The average molecular weight is 550 g/mol. The van der Waals surface area contributed by atoms with Crippen molar-refractivity contribution in [1.29, 1.82) is 0 Å². The molecule has 0 aromatic heterocycles. The second kappa shape index (κ2) is 31.7. The van der Waals surface area contributed by atoms with Gasteiger partial charge in [-0.1, -0.05) is 161 Å². The van der Waals surface area contributed by atoms with Crippen LogP contribution in [0.2, 0.25) is 0 Å². The first-order valence-corrected chi connectivity index (χ1v) is 17.7. The average Bonchev–Trinajstić information content (AvgIpc) is 2.92. The number of nitrogens with two attached hydrogens (primary N) is 1. The molecular weight excluding hydrogens is 478 g/mol. The lowest BCUT2D eigenvalue weighted by Crippen LogP contribution is -2.23. The highest BCUT2D eigenvalue weighted by atomic mass is 16.3. The number of unbranched alkanes of at least 4 members (excludes halogenated alkanes) is 21. The number of amides is 1. The third kappa shape index (κ3) is 30.0. The molecule has 0 heterocycles. The Hall–Kier alpha value is -0.830. The molecule has 0 aliphatic rings. The molecule has 232 valence electrons. The molecule has 0 fully saturated rings. The van der Waals surface area contributed by atoms with Crippen molar-refractivity contribution in [2.24, 2.45) is 11.7 Å². The van der Waals surface area contributed by atoms with Crippen LogP contribution < -0.4 is 5.73 Å². The fourth-order valence-corrected chi connectivity index (χ4v) is 5.67. The maximum Gasteiger partial charge on any atom is 0.220 e. The third-order valence-corrected chi connectivity index (χ3v) is 8.45. The highest BCUT2D eigenvalue weighted by molar-refractivity contribution is 5.76. The van der Waals surface area contributed by atoms with Gasteiger partial charge in [-0.15, -0.1) is 0 Å². The van der Waals surface area contributed by atoms with Crippen molar-refractivity contribution in [2.45, 2.75) is 206 Å². The predicted molar refractivity (Wildman–Crippen MR) is 173 cm³/mol. The minimum absolute atomic E-state index is 0.0839. The van der Waals surface area contributed by atoms with Gasteiger partial charge in [0, 0.05) is 5.92 Å². The van der Waals surface area contributed by atoms with E-state index in [1.807, 2.05) is 0 Å². The largest absolute Gasteiger partial charge is 0.393 e. The number of aliphatic hydroxyl groups excluding tert-OH is 1. The Morgan fingerprint density at radius 3 is 1.21 bits per heavy atom. The fourth-order valence-electron chi connectivity index (χ4n) is 5.67. The van der Waals surface area contributed by atoms with Gasteiger partial charge in [-0.2, -0.15) is 0 Å². The summed E-state index contributed by atoms with van der Waals surface area (Å²) in [5.74, 6) is -0.00315. The molecule has 0 aromatic carbocycles. The van der Waals surface area contributed by atoms with Gasteiger partial charge in [0.1, 0.15) is 0 Å². The van der Waals surface area contributed by atoms with Crippen molar-refractivity contribution in [1.82, 2.24) is 0 Å². The van der Waals surface area contributed by atoms with E-state index in [0.717, 1.165) is 44.9 Å². The first-order chi connectivity index (χ1) is 19.1. The number of carbonyl (C=O) groups excluding carboxylic acids is 1. The van der Waals surface area contributed by atoms with Gasteiger partial charge in [0.15, 0.2) is 0 Å². The molecule has 39 heavy (non-hydrogen) atoms. The smallest absolute Gasteiger partial charge is 0.220 e. The van der Waals surface area contributed by atoms with Crippen LogP contribution in [0.3, 0.4) is 0 Å². The summed E-state index contributed by atoms with van der Waals surface area (Å²) in [5.41, 5.74) is 5.70. The second-order valence-electron chi connectivity index (χ2n) is 12.4. The van der Waals surface area contributed by atoms with E-state index in [1.54, 1.807) is 0 Å². The minimum Gasteiger partial charge on any atom is -0.393 e. The van der Waals surface area contributed by atoms with Crippen LogP contribution in [-0.2, 0) is 4.79 Å². The molecule has 0 bridgehead atoms. The zero-order valence-electron chi connectivity index (χ0n) is 26.7. The summed E-state index contributed by atoms with van der Waals surface area (Å²) in [7, 11) is 0. The molecule has 3 nitrogen and oxygen atoms in total. The Bertz CT molecular complexity index is 518. The summed E-state index contributed by atoms with van der Waals surface area (Å²) in [6.07, 6.45) is 40.7. The van der Waals surface area contributed by atoms with E-state index >= 15 is 0 Å². The van der Waals surface area contributed by atoms with Crippen LogP contribution in [0.25, 0.3) is 0 Å². The van der Waals surface area contributed by atoms with Gasteiger partial charge < -0.3 is 10.8 Å². The van der Waals surface area contributed by atoms with Gasteiger partial charge in [-0.05, 0) is 51.4 Å². The van der Waals surface area contributed by atoms with Crippen LogP contribution >= 0.6 is 0 Å². The SMILES string of the molecule is CCCCCCCC/C=C\CCCCCCCCC(CCCCCCCCCC(O)CCCCCC)C(N)=O. The van der Waals surface area contributed by atoms with Gasteiger partial charge in [0.2, 0.25) is 5.91 Å². The lowest BCUT2D eigenvalue weighted by molar-refractivity contribution is -0.122. The number of hydrogen-bond donors (Lipinski definition) is 2. The number of primary amides is 1. The maximum atomic E-state index is 11.9. The van der Waals surface area contributed by atoms with E-state index in [-0.39, 0.29) is 17.9 Å². The van der Waals surface area contributed by atoms with Crippen LogP contribution in [0.5, 0.6) is 0 Å². The molecule has 2 atom stereocenters. The highest BCUT2D eigenvalue weighted by Crippen LogP contribution is 2.20. The topological polar surface area (TPSA) is 63.3 Å². The molecule has 0 aromatic rings. The quantitative estimate of drug-likeness (QED) is 0.0647. The van der Waals surface area contributed by atoms with Crippen LogP contribution in [0.15, 0.2) is 12.2 Å². The predicted octanol–water partition coefficient (Wildman–Crippen LogP) is 11.4. The van der Waals surface area contributed by atoms with Gasteiger partial charge in [0.25, 0.3) is 0 Å². The monoisotopic (exact) mass is 550 g/mol. The molecule has 1 amide bonds.